The third-order valence-corrected chi connectivity index (χ3v) is 17.3. The van der Waals surface area contributed by atoms with E-state index in [1.165, 1.54) is 60.8 Å². The lowest BCUT2D eigenvalue weighted by Gasteiger charge is -2.52. The van der Waals surface area contributed by atoms with Crippen LogP contribution in [0.1, 0.15) is 62.0 Å². The van der Waals surface area contributed by atoms with Gasteiger partial charge in [-0.1, -0.05) is 60.2 Å². The summed E-state index contributed by atoms with van der Waals surface area (Å²) in [5, 5.41) is 17.8. The van der Waals surface area contributed by atoms with Gasteiger partial charge in [-0.2, -0.15) is 13.2 Å². The van der Waals surface area contributed by atoms with Gasteiger partial charge in [0.05, 0.1) is 36.4 Å². The van der Waals surface area contributed by atoms with Crippen LogP contribution in [0.15, 0.2) is 83.8 Å². The fraction of sp³-hybridized carbons (Fsp3) is 0.176. The first-order valence-corrected chi connectivity index (χ1v) is 22.0. The fourth-order valence-electron chi connectivity index (χ4n) is 13.5. The van der Waals surface area contributed by atoms with Crippen LogP contribution in [-0.2, 0) is 53.5 Å². The zero-order valence-electron chi connectivity index (χ0n) is 33.0. The Hall–Kier alpha value is -6.72. The molecule has 11 aromatic carbocycles. The van der Waals surface area contributed by atoms with Crippen molar-refractivity contribution in [3.05, 3.63) is 129 Å². The number of sulfonamides is 1. The highest BCUT2D eigenvalue weighted by Crippen LogP contribution is 2.69. The minimum absolute atomic E-state index is 0.148. The molecule has 0 amide bonds. The molecule has 3 aliphatic carbocycles. The minimum Gasteiger partial charge on any atom is -0.468 e. The molecule has 0 N–H and O–H groups in total. The number of anilines is 1. The number of hydrogen-bond donors (Lipinski definition) is 0. The van der Waals surface area contributed by atoms with Crippen LogP contribution in [0.3, 0.4) is 0 Å². The maximum Gasteiger partial charge on any atom is 0.416 e. The van der Waals surface area contributed by atoms with Gasteiger partial charge in [0.1, 0.15) is 0 Å². The molecule has 0 bridgehead atoms. The first-order chi connectivity index (χ1) is 29.8. The van der Waals surface area contributed by atoms with Crippen molar-refractivity contribution in [2.45, 2.75) is 48.2 Å². The van der Waals surface area contributed by atoms with Crippen molar-refractivity contribution < 1.29 is 40.7 Å². The van der Waals surface area contributed by atoms with Gasteiger partial charge < -0.3 is 9.47 Å². The van der Waals surface area contributed by atoms with Gasteiger partial charge in [-0.25, -0.2) is 8.42 Å². The third-order valence-electron chi connectivity index (χ3n) is 15.5. The van der Waals surface area contributed by atoms with Crippen molar-refractivity contribution in [3.8, 4) is 0 Å². The van der Waals surface area contributed by atoms with E-state index in [1.807, 2.05) is 19.1 Å². The van der Waals surface area contributed by atoms with E-state index < -0.39 is 56.8 Å². The minimum atomic E-state index is -4.91. The average molecular weight is 840 g/mol. The maximum atomic E-state index is 15.7. The Kier molecular flexibility index (Phi) is 5.46. The van der Waals surface area contributed by atoms with E-state index in [-0.39, 0.29) is 10.5 Å². The Balaban J connectivity index is 1.21. The van der Waals surface area contributed by atoms with Gasteiger partial charge in [-0.3, -0.25) is 13.9 Å². The van der Waals surface area contributed by atoms with Gasteiger partial charge >= 0.3 is 18.1 Å². The van der Waals surface area contributed by atoms with Crippen molar-refractivity contribution in [2.24, 2.45) is 0 Å². The summed E-state index contributed by atoms with van der Waals surface area (Å²) < 4.78 is 88.3. The number of rotatable bonds is 4. The van der Waals surface area contributed by atoms with Gasteiger partial charge in [-0.15, -0.1) is 0 Å². The second-order valence-electron chi connectivity index (χ2n) is 18.0. The molecule has 4 aliphatic rings. The van der Waals surface area contributed by atoms with E-state index in [2.05, 4.69) is 24.3 Å². The van der Waals surface area contributed by atoms with Crippen molar-refractivity contribution in [2.75, 3.05) is 18.5 Å². The van der Waals surface area contributed by atoms with Crippen LogP contribution < -0.4 is 4.31 Å². The number of carbonyl (C=O) groups is 2. The number of carbonyl (C=O) groups excluding carboxylic acids is 2. The summed E-state index contributed by atoms with van der Waals surface area (Å²) in [7, 11) is -2.50. The Bertz CT molecular complexity index is 4030. The van der Waals surface area contributed by atoms with Gasteiger partial charge in [0.2, 0.25) is 5.41 Å². The van der Waals surface area contributed by atoms with E-state index in [4.69, 9.17) is 9.47 Å². The molecule has 1 aliphatic heterocycles. The molecule has 2 atom stereocenters. The van der Waals surface area contributed by atoms with Crippen LogP contribution in [0.25, 0.3) is 86.2 Å². The van der Waals surface area contributed by atoms with E-state index in [0.717, 1.165) is 102 Å². The molecular weight excluding hydrogens is 812 g/mol. The molecular formula is C51H28F3NO6S. The Morgan fingerprint density at radius 2 is 1.10 bits per heavy atom. The van der Waals surface area contributed by atoms with E-state index in [9.17, 15) is 13.2 Å². The number of alkyl halides is 3. The third kappa shape index (κ3) is 3.26. The Labute approximate surface area is 348 Å². The first kappa shape index (κ1) is 33.9. The SMILES string of the molecule is COC(=O)C1(C(=O)OC)c2ccc(C(F)(F)F)cc2N(S(=O)(=O)c2ccc(C)cc2)C2c3cc4c5c6c(cc7ccc8cc9c%10c%11c(cc(c%12c3c5c(c%12%11)c3c6c7c8c%103)C21)C9)C4. The molecule has 15 rings (SSSR count). The molecule has 62 heavy (non-hydrogen) atoms. The van der Waals surface area contributed by atoms with Crippen LogP contribution in [0.2, 0.25) is 0 Å². The number of hydrogen-bond acceptors (Lipinski definition) is 6. The molecule has 0 saturated heterocycles. The molecule has 0 fully saturated rings. The second-order valence-corrected chi connectivity index (χ2v) is 19.8. The normalized spacial score (nSPS) is 18.7. The smallest absolute Gasteiger partial charge is 0.416 e. The summed E-state index contributed by atoms with van der Waals surface area (Å²) >= 11 is 0. The topological polar surface area (TPSA) is 90.0 Å². The van der Waals surface area contributed by atoms with E-state index >= 15 is 18.0 Å². The Morgan fingerprint density at radius 3 is 1.63 bits per heavy atom. The lowest BCUT2D eigenvalue weighted by molar-refractivity contribution is -0.164. The highest BCUT2D eigenvalue weighted by Gasteiger charge is 2.67. The monoisotopic (exact) mass is 839 g/mol. The van der Waals surface area contributed by atoms with Crippen LogP contribution in [0.5, 0.6) is 0 Å². The number of fused-ring (bicyclic) bond motifs is 4. The molecule has 300 valence electrons. The zero-order valence-corrected chi connectivity index (χ0v) is 33.8. The molecule has 1 heterocycles. The largest absolute Gasteiger partial charge is 0.468 e. The average Bonchev–Trinajstić information content (AvgIpc) is 4.01. The predicted octanol–water partition coefficient (Wildman–Crippen LogP) is 10.9. The van der Waals surface area contributed by atoms with Crippen LogP contribution in [0.4, 0.5) is 18.9 Å². The molecule has 0 aromatic heterocycles. The van der Waals surface area contributed by atoms with Crippen LogP contribution in [-0.4, -0.2) is 34.6 Å². The molecule has 11 aromatic rings. The molecule has 7 nitrogen and oxygen atoms in total. The maximum absolute atomic E-state index is 15.7. The predicted molar refractivity (Wildman–Crippen MR) is 232 cm³/mol. The second kappa shape index (κ2) is 9.98. The lowest BCUT2D eigenvalue weighted by Crippen LogP contribution is -2.59. The number of ether oxygens (including phenoxy) is 2. The number of aryl methyl sites for hydroxylation is 1. The van der Waals surface area contributed by atoms with Crippen LogP contribution in [0, 0.1) is 6.92 Å². The number of benzene rings is 9. The standard InChI is InChI=1S/C51H28F3NO6S/c1-19-4-9-27(10-5-19)62(58,59)55-31-18-26(51(52,53)54)8-11-30(31)50(48(56)60-2,49(57)61-3)46-28-16-24-14-22-12-20-6-7-21-13-23-15-25-17-29(47(46)55)39-38(28)42-36(24)34(22)40-32(20)33(21)41-35(23)37(25)43(39)45(42)44(40)41/h4-13,16-18,46-47H,14-15H2,1-3H3. The summed E-state index contributed by atoms with van der Waals surface area (Å²) in [6.07, 6.45) is -3.81. The van der Waals surface area contributed by atoms with Gasteiger partial charge in [0.15, 0.2) is 0 Å². The summed E-state index contributed by atoms with van der Waals surface area (Å²) in [5.41, 5.74) is 1.86. The van der Waals surface area contributed by atoms with Crippen molar-refractivity contribution in [3.63, 3.8) is 0 Å². The summed E-state index contributed by atoms with van der Waals surface area (Å²) in [4.78, 5) is 30.0. The van der Waals surface area contributed by atoms with E-state index in [1.54, 1.807) is 12.1 Å². The number of esters is 2. The number of nitrogens with zero attached hydrogens (tertiary/aromatic N) is 1. The first-order valence-electron chi connectivity index (χ1n) is 20.5. The Morgan fingerprint density at radius 1 is 0.613 bits per heavy atom. The van der Waals surface area contributed by atoms with Crippen LogP contribution >= 0.6 is 0 Å². The number of halogens is 3. The molecule has 0 spiro atoms. The van der Waals surface area contributed by atoms with Gasteiger partial charge in [0, 0.05) is 11.5 Å². The summed E-state index contributed by atoms with van der Waals surface area (Å²) in [6, 6.07) is 20.4. The zero-order chi connectivity index (χ0) is 42.0. The van der Waals surface area contributed by atoms with Crippen molar-refractivity contribution in [1.29, 1.82) is 0 Å². The summed E-state index contributed by atoms with van der Waals surface area (Å²) in [5.74, 6) is -3.46. The lowest BCUT2D eigenvalue weighted by atomic mass is 9.58. The fourth-order valence-corrected chi connectivity index (χ4v) is 15.2. The summed E-state index contributed by atoms with van der Waals surface area (Å²) in [6.45, 7) is 1.81. The quantitative estimate of drug-likeness (QED) is 0.0996. The van der Waals surface area contributed by atoms with Gasteiger partial charge in [0.25, 0.3) is 10.0 Å². The highest BCUT2D eigenvalue weighted by atomic mass is 32.2. The van der Waals surface area contributed by atoms with E-state index in [0.29, 0.717) is 24.0 Å². The van der Waals surface area contributed by atoms with Crippen molar-refractivity contribution in [1.82, 2.24) is 0 Å². The molecule has 2 unspecified atom stereocenters. The van der Waals surface area contributed by atoms with Gasteiger partial charge in [-0.05, 0) is 164 Å². The molecule has 0 saturated carbocycles. The highest BCUT2D eigenvalue weighted by molar-refractivity contribution is 7.92. The molecule has 11 heteroatoms. The molecule has 0 radical (unpaired) electrons. The number of methoxy groups -OCH3 is 2. The van der Waals surface area contributed by atoms with Crippen molar-refractivity contribution >= 4 is 114 Å².